The highest BCUT2D eigenvalue weighted by molar-refractivity contribution is 7.98. The van der Waals surface area contributed by atoms with Crippen molar-refractivity contribution in [3.05, 3.63) is 29.8 Å². The van der Waals surface area contributed by atoms with Gasteiger partial charge in [0, 0.05) is 30.8 Å². The van der Waals surface area contributed by atoms with Crippen LogP contribution in [0.3, 0.4) is 0 Å². The van der Waals surface area contributed by atoms with Gasteiger partial charge in [-0.25, -0.2) is 0 Å². The number of hydrogen-bond donors (Lipinski definition) is 0. The number of nitrogens with zero attached hydrogens (tertiary/aromatic N) is 1. The summed E-state index contributed by atoms with van der Waals surface area (Å²) in [5, 5.41) is 0. The van der Waals surface area contributed by atoms with E-state index in [0.717, 1.165) is 23.3 Å². The van der Waals surface area contributed by atoms with Crippen molar-refractivity contribution in [2.24, 2.45) is 0 Å². The Morgan fingerprint density at radius 2 is 1.89 bits per heavy atom. The van der Waals surface area contributed by atoms with Crippen molar-refractivity contribution in [3.8, 4) is 0 Å². The third kappa shape index (κ3) is 3.18. The van der Waals surface area contributed by atoms with E-state index in [1.807, 2.05) is 42.5 Å². The Balaban J connectivity index is 2.12. The maximum absolute atomic E-state index is 12.5. The molecule has 0 saturated heterocycles. The number of benzene rings is 1. The number of ketones is 1. The summed E-state index contributed by atoms with van der Waals surface area (Å²) in [5.41, 5.74) is 0.759. The van der Waals surface area contributed by atoms with Crippen LogP contribution < -0.4 is 0 Å². The molecule has 4 heteroatoms. The first-order valence-electron chi connectivity index (χ1n) is 6.55. The van der Waals surface area contributed by atoms with E-state index in [9.17, 15) is 9.59 Å². The van der Waals surface area contributed by atoms with E-state index in [1.165, 1.54) is 0 Å². The van der Waals surface area contributed by atoms with E-state index in [-0.39, 0.29) is 11.9 Å². The lowest BCUT2D eigenvalue weighted by molar-refractivity contribution is -0.121. The van der Waals surface area contributed by atoms with Crippen LogP contribution in [0.5, 0.6) is 0 Å². The molecule has 3 nitrogen and oxygen atoms in total. The first-order chi connectivity index (χ1) is 9.13. The minimum Gasteiger partial charge on any atom is -0.339 e. The van der Waals surface area contributed by atoms with Gasteiger partial charge in [0.05, 0.1) is 5.56 Å². The Hall–Kier alpha value is -1.29. The Bertz CT molecular complexity index is 477. The topological polar surface area (TPSA) is 37.4 Å². The van der Waals surface area contributed by atoms with E-state index in [2.05, 4.69) is 0 Å². The molecule has 1 aliphatic rings. The molecule has 0 N–H and O–H groups in total. The fraction of sp³-hybridized carbons (Fsp3) is 0.467. The number of carbonyl (C=O) groups is 2. The number of Topliss-reactive ketones (excluding diaryl/α,β-unsaturated/α-hetero) is 1. The van der Waals surface area contributed by atoms with E-state index in [4.69, 9.17) is 0 Å². The third-order valence-corrected chi connectivity index (χ3v) is 4.51. The number of amides is 1. The zero-order valence-corrected chi connectivity index (χ0v) is 12.2. The first-order valence-corrected chi connectivity index (χ1v) is 7.78. The quantitative estimate of drug-likeness (QED) is 0.797. The van der Waals surface area contributed by atoms with Crippen LogP contribution in [0.15, 0.2) is 29.2 Å². The minimum atomic E-state index is 0.0595. The summed E-state index contributed by atoms with van der Waals surface area (Å²) in [6.45, 7) is 0. The highest BCUT2D eigenvalue weighted by Crippen LogP contribution is 2.25. The monoisotopic (exact) mass is 277 g/mol. The second-order valence-corrected chi connectivity index (χ2v) is 5.73. The number of thioether (sulfide) groups is 1. The third-order valence-electron chi connectivity index (χ3n) is 3.72. The van der Waals surface area contributed by atoms with Gasteiger partial charge in [-0.1, -0.05) is 12.1 Å². The van der Waals surface area contributed by atoms with Gasteiger partial charge >= 0.3 is 0 Å². The molecule has 0 unspecified atom stereocenters. The molecule has 0 radical (unpaired) electrons. The van der Waals surface area contributed by atoms with E-state index in [1.54, 1.807) is 11.8 Å². The van der Waals surface area contributed by atoms with Gasteiger partial charge in [0.2, 0.25) is 0 Å². The summed E-state index contributed by atoms with van der Waals surface area (Å²) in [4.78, 5) is 26.6. The summed E-state index contributed by atoms with van der Waals surface area (Å²) in [7, 11) is 1.85. The van der Waals surface area contributed by atoms with Gasteiger partial charge in [-0.05, 0) is 31.2 Å². The fourth-order valence-corrected chi connectivity index (χ4v) is 3.08. The second kappa shape index (κ2) is 6.24. The lowest BCUT2D eigenvalue weighted by Gasteiger charge is -2.31. The van der Waals surface area contributed by atoms with Crippen LogP contribution in [0.25, 0.3) is 0 Å². The Morgan fingerprint density at radius 3 is 2.53 bits per heavy atom. The number of hydrogen-bond acceptors (Lipinski definition) is 3. The van der Waals surface area contributed by atoms with Gasteiger partial charge in [-0.2, -0.15) is 0 Å². The molecule has 2 rings (SSSR count). The average molecular weight is 277 g/mol. The smallest absolute Gasteiger partial charge is 0.254 e. The Kier molecular flexibility index (Phi) is 4.64. The number of carbonyl (C=O) groups excluding carboxylic acids is 2. The van der Waals surface area contributed by atoms with Gasteiger partial charge in [0.15, 0.2) is 0 Å². The van der Waals surface area contributed by atoms with Crippen molar-refractivity contribution in [2.75, 3.05) is 13.3 Å². The van der Waals surface area contributed by atoms with Gasteiger partial charge in [-0.3, -0.25) is 9.59 Å². The van der Waals surface area contributed by atoms with Crippen LogP contribution in [0.1, 0.15) is 36.0 Å². The van der Waals surface area contributed by atoms with E-state index >= 15 is 0 Å². The van der Waals surface area contributed by atoms with Gasteiger partial charge in [-0.15, -0.1) is 11.8 Å². The molecule has 0 bridgehead atoms. The summed E-state index contributed by atoms with van der Waals surface area (Å²) in [6.07, 6.45) is 4.77. The molecule has 0 atom stereocenters. The molecule has 0 aliphatic heterocycles. The summed E-state index contributed by atoms with van der Waals surface area (Å²) < 4.78 is 0. The zero-order chi connectivity index (χ0) is 13.8. The summed E-state index contributed by atoms with van der Waals surface area (Å²) in [6, 6.07) is 7.88. The van der Waals surface area contributed by atoms with E-state index in [0.29, 0.717) is 18.6 Å². The lowest BCUT2D eigenvalue weighted by atomic mass is 9.93. The first kappa shape index (κ1) is 14.1. The van der Waals surface area contributed by atoms with Crippen LogP contribution in [-0.2, 0) is 4.79 Å². The molecule has 1 saturated carbocycles. The van der Waals surface area contributed by atoms with Crippen molar-refractivity contribution < 1.29 is 9.59 Å². The van der Waals surface area contributed by atoms with Crippen LogP contribution in [-0.4, -0.2) is 35.9 Å². The number of rotatable bonds is 3. The highest BCUT2D eigenvalue weighted by atomic mass is 32.2. The second-order valence-electron chi connectivity index (χ2n) is 4.89. The minimum absolute atomic E-state index is 0.0595. The summed E-state index contributed by atoms with van der Waals surface area (Å²) in [5.74, 6) is 0.380. The van der Waals surface area contributed by atoms with Crippen molar-refractivity contribution in [3.63, 3.8) is 0 Å². The molecule has 0 heterocycles. The molecule has 1 aliphatic carbocycles. The molecular weight excluding hydrogens is 258 g/mol. The molecule has 19 heavy (non-hydrogen) atoms. The molecule has 0 spiro atoms. The molecule has 0 aromatic heterocycles. The normalized spacial score (nSPS) is 16.4. The van der Waals surface area contributed by atoms with Gasteiger partial charge in [0.1, 0.15) is 5.78 Å². The predicted molar refractivity (Wildman–Crippen MR) is 77.6 cm³/mol. The molecule has 1 amide bonds. The lowest BCUT2D eigenvalue weighted by Crippen LogP contribution is -2.39. The van der Waals surface area contributed by atoms with Crippen LogP contribution in [0.2, 0.25) is 0 Å². The van der Waals surface area contributed by atoms with Crippen molar-refractivity contribution in [1.29, 1.82) is 0 Å². The molecule has 1 fully saturated rings. The highest BCUT2D eigenvalue weighted by Gasteiger charge is 2.26. The van der Waals surface area contributed by atoms with Crippen molar-refractivity contribution in [1.82, 2.24) is 4.90 Å². The van der Waals surface area contributed by atoms with Gasteiger partial charge in [0.25, 0.3) is 5.91 Å². The maximum Gasteiger partial charge on any atom is 0.254 e. The standard InChI is InChI=1S/C15H19NO2S/c1-16(11-7-9-12(17)10-8-11)15(18)13-5-3-4-6-14(13)19-2/h3-6,11H,7-10H2,1-2H3. The van der Waals surface area contributed by atoms with E-state index < -0.39 is 0 Å². The van der Waals surface area contributed by atoms with Crippen LogP contribution in [0, 0.1) is 0 Å². The molecule has 1 aromatic rings. The SMILES string of the molecule is CSc1ccccc1C(=O)N(C)C1CCC(=O)CC1. The zero-order valence-electron chi connectivity index (χ0n) is 11.4. The predicted octanol–water partition coefficient (Wildman–Crippen LogP) is 2.99. The maximum atomic E-state index is 12.5. The molecule has 1 aromatic carbocycles. The van der Waals surface area contributed by atoms with Crippen molar-refractivity contribution >= 4 is 23.5 Å². The Morgan fingerprint density at radius 1 is 1.26 bits per heavy atom. The van der Waals surface area contributed by atoms with Crippen LogP contribution in [0.4, 0.5) is 0 Å². The Labute approximate surface area is 118 Å². The van der Waals surface area contributed by atoms with Gasteiger partial charge < -0.3 is 4.90 Å². The average Bonchev–Trinajstić information content (AvgIpc) is 2.46. The fourth-order valence-electron chi connectivity index (χ4n) is 2.49. The van der Waals surface area contributed by atoms with Crippen LogP contribution >= 0.6 is 11.8 Å². The van der Waals surface area contributed by atoms with Crippen molar-refractivity contribution in [2.45, 2.75) is 36.6 Å². The molecule has 102 valence electrons. The largest absolute Gasteiger partial charge is 0.339 e. The molecular formula is C15H19NO2S. The summed E-state index contributed by atoms with van der Waals surface area (Å²) >= 11 is 1.59.